The second-order valence-corrected chi connectivity index (χ2v) is 5.29. The van der Waals surface area contributed by atoms with Gasteiger partial charge in [-0.2, -0.15) is 0 Å². The van der Waals surface area contributed by atoms with E-state index in [-0.39, 0.29) is 12.1 Å². The van der Waals surface area contributed by atoms with Crippen LogP contribution in [-0.2, 0) is 6.54 Å². The number of aromatic nitrogens is 2. The summed E-state index contributed by atoms with van der Waals surface area (Å²) in [5, 5.41) is 2.85. The average molecular weight is 335 g/mol. The minimum Gasteiger partial charge on any atom is -0.486 e. The van der Waals surface area contributed by atoms with Gasteiger partial charge in [0.15, 0.2) is 29.0 Å². The van der Waals surface area contributed by atoms with Crippen molar-refractivity contribution in [2.45, 2.75) is 6.54 Å². The van der Waals surface area contributed by atoms with Gasteiger partial charge < -0.3 is 19.8 Å². The molecule has 2 N–H and O–H groups in total. The van der Waals surface area contributed by atoms with Gasteiger partial charge in [0.05, 0.1) is 11.0 Å². The van der Waals surface area contributed by atoms with E-state index in [9.17, 15) is 13.2 Å². The number of anilines is 1. The lowest BCUT2D eigenvalue weighted by atomic mass is 10.2. The summed E-state index contributed by atoms with van der Waals surface area (Å²) < 4.78 is 50.8. The van der Waals surface area contributed by atoms with Gasteiger partial charge in [0.1, 0.15) is 13.2 Å². The van der Waals surface area contributed by atoms with Crippen LogP contribution in [0.3, 0.4) is 0 Å². The third kappa shape index (κ3) is 2.49. The van der Waals surface area contributed by atoms with E-state index in [0.29, 0.717) is 41.7 Å². The molecule has 0 saturated heterocycles. The maximum Gasteiger partial charge on any atom is 0.201 e. The maximum atomic E-state index is 13.7. The molecular formula is C16H12F3N3O2. The maximum absolute atomic E-state index is 13.7. The van der Waals surface area contributed by atoms with E-state index in [4.69, 9.17) is 9.47 Å². The minimum atomic E-state index is -1.49. The first-order chi connectivity index (χ1) is 11.6. The van der Waals surface area contributed by atoms with Crippen molar-refractivity contribution in [3.8, 4) is 11.5 Å². The van der Waals surface area contributed by atoms with E-state index in [2.05, 4.69) is 15.3 Å². The molecule has 8 heteroatoms. The van der Waals surface area contributed by atoms with Crippen molar-refractivity contribution in [3.05, 3.63) is 47.3 Å². The number of hydrogen-bond donors (Lipinski definition) is 2. The van der Waals surface area contributed by atoms with Crippen molar-refractivity contribution in [2.24, 2.45) is 0 Å². The number of halogens is 3. The van der Waals surface area contributed by atoms with Gasteiger partial charge in [0, 0.05) is 24.2 Å². The third-order valence-corrected chi connectivity index (χ3v) is 3.71. The number of aromatic amines is 1. The normalized spacial score (nSPS) is 13.3. The molecule has 124 valence electrons. The van der Waals surface area contributed by atoms with Crippen molar-refractivity contribution in [2.75, 3.05) is 18.5 Å². The molecule has 0 spiro atoms. The molecule has 5 nitrogen and oxygen atoms in total. The summed E-state index contributed by atoms with van der Waals surface area (Å²) in [5.41, 5.74) is 1.36. The minimum absolute atomic E-state index is 0.000294. The molecule has 1 aliphatic heterocycles. The molecule has 2 heterocycles. The van der Waals surface area contributed by atoms with Crippen LogP contribution >= 0.6 is 0 Å². The zero-order valence-corrected chi connectivity index (χ0v) is 12.3. The molecule has 0 aliphatic carbocycles. The molecule has 24 heavy (non-hydrogen) atoms. The second kappa shape index (κ2) is 5.63. The molecule has 0 fully saturated rings. The number of fused-ring (bicyclic) bond motifs is 2. The summed E-state index contributed by atoms with van der Waals surface area (Å²) in [7, 11) is 0. The predicted octanol–water partition coefficient (Wildman–Crippen LogP) is 3.36. The number of hydrogen-bond acceptors (Lipinski definition) is 4. The summed E-state index contributed by atoms with van der Waals surface area (Å²) in [6, 6.07) is 5.57. The highest BCUT2D eigenvalue weighted by atomic mass is 19.2. The van der Waals surface area contributed by atoms with Crippen LogP contribution < -0.4 is 14.8 Å². The topological polar surface area (TPSA) is 59.2 Å². The highest BCUT2D eigenvalue weighted by Crippen LogP contribution is 2.34. The van der Waals surface area contributed by atoms with Crippen molar-refractivity contribution in [1.29, 1.82) is 0 Å². The van der Waals surface area contributed by atoms with Gasteiger partial charge >= 0.3 is 0 Å². The first-order valence-electron chi connectivity index (χ1n) is 7.27. The van der Waals surface area contributed by atoms with E-state index in [1.54, 1.807) is 12.1 Å². The van der Waals surface area contributed by atoms with Crippen LogP contribution in [0.2, 0.25) is 0 Å². The number of nitrogens with one attached hydrogen (secondary N) is 2. The Morgan fingerprint density at radius 3 is 2.58 bits per heavy atom. The van der Waals surface area contributed by atoms with E-state index in [1.165, 1.54) is 6.07 Å². The van der Waals surface area contributed by atoms with E-state index in [1.807, 2.05) is 0 Å². The lowest BCUT2D eigenvalue weighted by molar-refractivity contribution is 0.172. The monoisotopic (exact) mass is 335 g/mol. The Morgan fingerprint density at radius 1 is 1.04 bits per heavy atom. The summed E-state index contributed by atoms with van der Waals surface area (Å²) in [4.78, 5) is 7.33. The molecule has 0 bridgehead atoms. The SMILES string of the molecule is Fc1ccc(CNc2nc3cc4c(cc3[nH]2)OCCO4)c(F)c1F. The van der Waals surface area contributed by atoms with Gasteiger partial charge in [0.2, 0.25) is 5.95 Å². The quantitative estimate of drug-likeness (QED) is 0.721. The van der Waals surface area contributed by atoms with Crippen LogP contribution in [0.5, 0.6) is 11.5 Å². The van der Waals surface area contributed by atoms with Gasteiger partial charge in [-0.05, 0) is 6.07 Å². The Balaban J connectivity index is 1.58. The highest BCUT2D eigenvalue weighted by Gasteiger charge is 2.16. The van der Waals surface area contributed by atoms with Gasteiger partial charge in [-0.1, -0.05) is 6.07 Å². The Morgan fingerprint density at radius 2 is 1.79 bits per heavy atom. The van der Waals surface area contributed by atoms with E-state index < -0.39 is 17.5 Å². The standard InChI is InChI=1S/C16H12F3N3O2/c17-9-2-1-8(14(18)15(9)19)7-20-16-21-10-5-12-13(6-11(10)22-16)24-4-3-23-12/h1-2,5-6H,3-4,7H2,(H2,20,21,22). The smallest absolute Gasteiger partial charge is 0.201 e. The Kier molecular flexibility index (Phi) is 3.44. The van der Waals surface area contributed by atoms with Crippen molar-refractivity contribution in [1.82, 2.24) is 9.97 Å². The molecule has 0 amide bonds. The second-order valence-electron chi connectivity index (χ2n) is 5.29. The van der Waals surface area contributed by atoms with Crippen LogP contribution in [0.15, 0.2) is 24.3 Å². The van der Waals surface area contributed by atoms with Crippen LogP contribution in [-0.4, -0.2) is 23.2 Å². The molecule has 1 aromatic heterocycles. The number of nitrogens with zero attached hydrogens (tertiary/aromatic N) is 1. The van der Waals surface area contributed by atoms with Crippen molar-refractivity contribution >= 4 is 17.0 Å². The van der Waals surface area contributed by atoms with Crippen LogP contribution in [0.4, 0.5) is 19.1 Å². The molecule has 1 aliphatic rings. The summed E-state index contributed by atoms with van der Waals surface area (Å²) in [6.07, 6.45) is 0. The van der Waals surface area contributed by atoms with Gasteiger partial charge in [-0.15, -0.1) is 0 Å². The number of H-pyrrole nitrogens is 1. The van der Waals surface area contributed by atoms with Crippen molar-refractivity contribution < 1.29 is 22.6 Å². The van der Waals surface area contributed by atoms with Gasteiger partial charge in [-0.3, -0.25) is 0 Å². The fourth-order valence-corrected chi connectivity index (χ4v) is 2.51. The lowest BCUT2D eigenvalue weighted by Crippen LogP contribution is -2.15. The fraction of sp³-hybridized carbons (Fsp3) is 0.188. The summed E-state index contributed by atoms with van der Waals surface area (Å²) >= 11 is 0. The molecule has 0 atom stereocenters. The van der Waals surface area contributed by atoms with Crippen LogP contribution in [0.25, 0.3) is 11.0 Å². The Labute approximate surface area is 134 Å². The van der Waals surface area contributed by atoms with E-state index >= 15 is 0 Å². The first kappa shape index (κ1) is 14.7. The summed E-state index contributed by atoms with van der Waals surface area (Å²) in [6.45, 7) is 0.909. The number of rotatable bonds is 3. The lowest BCUT2D eigenvalue weighted by Gasteiger charge is -2.17. The highest BCUT2D eigenvalue weighted by molar-refractivity contribution is 5.81. The fourth-order valence-electron chi connectivity index (χ4n) is 2.51. The molecule has 2 aromatic carbocycles. The largest absolute Gasteiger partial charge is 0.486 e. The first-order valence-corrected chi connectivity index (χ1v) is 7.27. The molecule has 0 radical (unpaired) electrons. The van der Waals surface area contributed by atoms with Crippen LogP contribution in [0.1, 0.15) is 5.56 Å². The van der Waals surface area contributed by atoms with Gasteiger partial charge in [0.25, 0.3) is 0 Å². The Bertz CT molecular complexity index is 884. The molecule has 0 saturated carbocycles. The number of benzene rings is 2. The number of ether oxygens (including phenoxy) is 2. The summed E-state index contributed by atoms with van der Waals surface area (Å²) in [5.74, 6) is -2.31. The average Bonchev–Trinajstić information content (AvgIpc) is 2.98. The van der Waals surface area contributed by atoms with Gasteiger partial charge in [-0.25, -0.2) is 18.2 Å². The van der Waals surface area contributed by atoms with Crippen LogP contribution in [0, 0.1) is 17.5 Å². The zero-order valence-electron chi connectivity index (χ0n) is 12.3. The molecule has 3 aromatic rings. The molecular weight excluding hydrogens is 323 g/mol. The zero-order chi connectivity index (χ0) is 16.7. The van der Waals surface area contributed by atoms with E-state index in [0.717, 1.165) is 6.07 Å². The Hall–Kier alpha value is -2.90. The molecule has 4 rings (SSSR count). The molecule has 0 unspecified atom stereocenters. The predicted molar refractivity (Wildman–Crippen MR) is 80.7 cm³/mol. The van der Waals surface area contributed by atoms with Crippen molar-refractivity contribution in [3.63, 3.8) is 0 Å². The number of imidazole rings is 1. The third-order valence-electron chi connectivity index (χ3n) is 3.71.